The SMILES string of the molecule is CC(C)[C@@H](CO)NC(=O)c1cc(Cl)cn1C(C)C. The normalized spacial score (nSPS) is 13.1. The summed E-state index contributed by atoms with van der Waals surface area (Å²) < 4.78 is 1.83. The molecular formula is C13H21ClN2O2. The van der Waals surface area contributed by atoms with Gasteiger partial charge in [0, 0.05) is 12.2 Å². The zero-order valence-corrected chi connectivity index (χ0v) is 12.0. The number of hydrogen-bond donors (Lipinski definition) is 2. The second-order valence-electron chi connectivity index (χ2n) is 5.05. The van der Waals surface area contributed by atoms with Gasteiger partial charge in [-0.15, -0.1) is 0 Å². The van der Waals surface area contributed by atoms with Gasteiger partial charge in [-0.25, -0.2) is 0 Å². The van der Waals surface area contributed by atoms with Gasteiger partial charge in [-0.05, 0) is 25.8 Å². The van der Waals surface area contributed by atoms with Crippen molar-refractivity contribution in [3.8, 4) is 0 Å². The molecule has 4 nitrogen and oxygen atoms in total. The first-order valence-electron chi connectivity index (χ1n) is 6.16. The van der Waals surface area contributed by atoms with Gasteiger partial charge in [-0.3, -0.25) is 4.79 Å². The van der Waals surface area contributed by atoms with E-state index in [0.717, 1.165) is 0 Å². The van der Waals surface area contributed by atoms with Gasteiger partial charge in [-0.1, -0.05) is 25.4 Å². The molecule has 1 rings (SSSR count). The number of amides is 1. The van der Waals surface area contributed by atoms with Crippen molar-refractivity contribution in [2.24, 2.45) is 5.92 Å². The van der Waals surface area contributed by atoms with Gasteiger partial charge in [0.25, 0.3) is 5.91 Å². The first kappa shape index (κ1) is 15.1. The van der Waals surface area contributed by atoms with Crippen LogP contribution in [-0.2, 0) is 0 Å². The molecular weight excluding hydrogens is 252 g/mol. The zero-order chi connectivity index (χ0) is 13.9. The Balaban J connectivity index is 2.90. The Bertz CT molecular complexity index is 413. The molecule has 0 aromatic carbocycles. The van der Waals surface area contributed by atoms with Crippen LogP contribution in [-0.4, -0.2) is 28.2 Å². The van der Waals surface area contributed by atoms with Crippen molar-refractivity contribution in [2.75, 3.05) is 6.61 Å². The average Bonchev–Trinajstić information content (AvgIpc) is 2.67. The van der Waals surface area contributed by atoms with E-state index in [0.29, 0.717) is 10.7 Å². The van der Waals surface area contributed by atoms with Gasteiger partial charge in [0.05, 0.1) is 17.7 Å². The molecule has 0 aliphatic heterocycles. The fourth-order valence-corrected chi connectivity index (χ4v) is 1.93. The molecule has 0 spiro atoms. The van der Waals surface area contributed by atoms with E-state index in [2.05, 4.69) is 5.32 Å². The molecule has 0 aliphatic carbocycles. The van der Waals surface area contributed by atoms with Crippen LogP contribution in [0.15, 0.2) is 12.3 Å². The second-order valence-corrected chi connectivity index (χ2v) is 5.49. The number of aromatic nitrogens is 1. The molecule has 1 atom stereocenters. The molecule has 0 saturated carbocycles. The van der Waals surface area contributed by atoms with Crippen LogP contribution < -0.4 is 5.32 Å². The van der Waals surface area contributed by atoms with Crippen molar-refractivity contribution in [1.82, 2.24) is 9.88 Å². The quantitative estimate of drug-likeness (QED) is 0.865. The number of nitrogens with zero attached hydrogens (tertiary/aromatic N) is 1. The molecule has 18 heavy (non-hydrogen) atoms. The van der Waals surface area contributed by atoms with E-state index in [9.17, 15) is 9.90 Å². The monoisotopic (exact) mass is 272 g/mol. The van der Waals surface area contributed by atoms with Crippen LogP contribution in [0.1, 0.15) is 44.2 Å². The van der Waals surface area contributed by atoms with Gasteiger partial charge in [0.2, 0.25) is 0 Å². The number of carbonyl (C=O) groups is 1. The molecule has 5 heteroatoms. The summed E-state index contributed by atoms with van der Waals surface area (Å²) in [6.07, 6.45) is 1.74. The van der Waals surface area contributed by atoms with Crippen LogP contribution in [0, 0.1) is 5.92 Å². The Hall–Kier alpha value is -1.00. The fourth-order valence-electron chi connectivity index (χ4n) is 1.72. The Kier molecular flexibility index (Phi) is 5.23. The minimum atomic E-state index is -0.244. The number of aliphatic hydroxyl groups is 1. The summed E-state index contributed by atoms with van der Waals surface area (Å²) in [7, 11) is 0. The first-order chi connectivity index (χ1) is 8.36. The van der Waals surface area contributed by atoms with Crippen LogP contribution in [0.4, 0.5) is 0 Å². The lowest BCUT2D eigenvalue weighted by molar-refractivity contribution is 0.0886. The van der Waals surface area contributed by atoms with Gasteiger partial charge in [0.1, 0.15) is 5.69 Å². The molecule has 1 aromatic rings. The van der Waals surface area contributed by atoms with Crippen molar-refractivity contribution in [2.45, 2.75) is 39.8 Å². The maximum Gasteiger partial charge on any atom is 0.268 e. The Morgan fingerprint density at radius 1 is 1.44 bits per heavy atom. The zero-order valence-electron chi connectivity index (χ0n) is 11.3. The second kappa shape index (κ2) is 6.25. The van der Waals surface area contributed by atoms with E-state index in [-0.39, 0.29) is 30.5 Å². The van der Waals surface area contributed by atoms with Crippen molar-refractivity contribution in [1.29, 1.82) is 0 Å². The number of hydrogen-bond acceptors (Lipinski definition) is 2. The lowest BCUT2D eigenvalue weighted by Crippen LogP contribution is -2.41. The fraction of sp³-hybridized carbons (Fsp3) is 0.615. The summed E-state index contributed by atoms with van der Waals surface area (Å²) in [5.74, 6) is -0.0276. The number of aliphatic hydroxyl groups excluding tert-OH is 1. The summed E-state index contributed by atoms with van der Waals surface area (Å²) in [6.45, 7) is 7.81. The predicted molar refractivity (Wildman–Crippen MR) is 73.0 cm³/mol. The van der Waals surface area contributed by atoms with Gasteiger partial charge >= 0.3 is 0 Å². The van der Waals surface area contributed by atoms with E-state index in [4.69, 9.17) is 11.6 Å². The summed E-state index contributed by atoms with van der Waals surface area (Å²) in [6, 6.07) is 1.56. The van der Waals surface area contributed by atoms with Crippen molar-refractivity contribution in [3.05, 3.63) is 23.0 Å². The highest BCUT2D eigenvalue weighted by Crippen LogP contribution is 2.19. The number of rotatable bonds is 5. The van der Waals surface area contributed by atoms with Crippen LogP contribution in [0.3, 0.4) is 0 Å². The largest absolute Gasteiger partial charge is 0.394 e. The van der Waals surface area contributed by atoms with Crippen molar-refractivity contribution < 1.29 is 9.90 Å². The van der Waals surface area contributed by atoms with Crippen molar-refractivity contribution >= 4 is 17.5 Å². The molecule has 0 unspecified atom stereocenters. The lowest BCUT2D eigenvalue weighted by Gasteiger charge is -2.21. The minimum Gasteiger partial charge on any atom is -0.394 e. The summed E-state index contributed by atoms with van der Waals surface area (Å²) in [5.41, 5.74) is 0.522. The highest BCUT2D eigenvalue weighted by molar-refractivity contribution is 6.31. The van der Waals surface area contributed by atoms with E-state index in [1.54, 1.807) is 12.3 Å². The maximum absolute atomic E-state index is 12.2. The molecule has 1 amide bonds. The standard InChI is InChI=1S/C13H21ClN2O2/c1-8(2)11(7-17)15-13(18)12-5-10(14)6-16(12)9(3)4/h5-6,8-9,11,17H,7H2,1-4H3,(H,15,18)/t11-/m1/s1. The molecule has 0 fully saturated rings. The van der Waals surface area contributed by atoms with Gasteiger partial charge < -0.3 is 15.0 Å². The third-order valence-electron chi connectivity index (χ3n) is 2.92. The van der Waals surface area contributed by atoms with E-state index in [1.807, 2.05) is 32.3 Å². The van der Waals surface area contributed by atoms with Crippen molar-refractivity contribution in [3.63, 3.8) is 0 Å². The van der Waals surface area contributed by atoms with Crippen LogP contribution in [0.25, 0.3) is 0 Å². The Morgan fingerprint density at radius 3 is 2.50 bits per heavy atom. The summed E-state index contributed by atoms with van der Waals surface area (Å²) in [5, 5.41) is 12.6. The molecule has 0 bridgehead atoms. The van der Waals surface area contributed by atoms with E-state index >= 15 is 0 Å². The lowest BCUT2D eigenvalue weighted by atomic mass is 10.1. The summed E-state index contributed by atoms with van der Waals surface area (Å²) >= 11 is 5.94. The Morgan fingerprint density at radius 2 is 2.06 bits per heavy atom. The molecule has 2 N–H and O–H groups in total. The number of halogens is 1. The van der Waals surface area contributed by atoms with E-state index in [1.165, 1.54) is 0 Å². The molecule has 0 saturated heterocycles. The average molecular weight is 273 g/mol. The first-order valence-corrected chi connectivity index (χ1v) is 6.53. The predicted octanol–water partition coefficient (Wildman–Crippen LogP) is 2.47. The van der Waals surface area contributed by atoms with Gasteiger partial charge in [0.15, 0.2) is 0 Å². The van der Waals surface area contributed by atoms with Crippen LogP contribution in [0.2, 0.25) is 5.02 Å². The minimum absolute atomic E-state index is 0.0699. The third kappa shape index (κ3) is 3.50. The smallest absolute Gasteiger partial charge is 0.268 e. The highest BCUT2D eigenvalue weighted by atomic mass is 35.5. The summed E-state index contributed by atoms with van der Waals surface area (Å²) in [4.78, 5) is 12.2. The van der Waals surface area contributed by atoms with Gasteiger partial charge in [-0.2, -0.15) is 0 Å². The molecule has 1 aromatic heterocycles. The molecule has 102 valence electrons. The maximum atomic E-state index is 12.2. The molecule has 1 heterocycles. The Labute approximate surface area is 113 Å². The highest BCUT2D eigenvalue weighted by Gasteiger charge is 2.20. The van der Waals surface area contributed by atoms with E-state index < -0.39 is 0 Å². The molecule has 0 radical (unpaired) electrons. The third-order valence-corrected chi connectivity index (χ3v) is 3.13. The number of carbonyl (C=O) groups excluding carboxylic acids is 1. The van der Waals surface area contributed by atoms with Crippen LogP contribution in [0.5, 0.6) is 0 Å². The van der Waals surface area contributed by atoms with Crippen LogP contribution >= 0.6 is 11.6 Å². The molecule has 0 aliphatic rings. The topological polar surface area (TPSA) is 54.3 Å². The number of nitrogens with one attached hydrogen (secondary N) is 1.